The van der Waals surface area contributed by atoms with Gasteiger partial charge in [-0.1, -0.05) is 57.4 Å². The summed E-state index contributed by atoms with van der Waals surface area (Å²) in [6, 6.07) is 8.49. The van der Waals surface area contributed by atoms with Crippen molar-refractivity contribution in [3.8, 4) is 0 Å². The number of nitrogens with zero attached hydrogens (tertiary/aromatic N) is 2. The van der Waals surface area contributed by atoms with Crippen molar-refractivity contribution in [3.63, 3.8) is 0 Å². The summed E-state index contributed by atoms with van der Waals surface area (Å²) in [5, 5.41) is 6.93. The third-order valence-corrected chi connectivity index (χ3v) is 5.44. The van der Waals surface area contributed by atoms with Gasteiger partial charge in [-0.2, -0.15) is 0 Å². The van der Waals surface area contributed by atoms with Crippen molar-refractivity contribution in [1.82, 2.24) is 15.5 Å². The van der Waals surface area contributed by atoms with Crippen molar-refractivity contribution in [3.05, 3.63) is 35.4 Å². The first-order chi connectivity index (χ1) is 13.7. The van der Waals surface area contributed by atoms with Gasteiger partial charge in [-0.15, -0.1) is 0 Å². The first kappa shape index (κ1) is 22.3. The van der Waals surface area contributed by atoms with Gasteiger partial charge in [0.05, 0.1) is 0 Å². The lowest BCUT2D eigenvalue weighted by atomic mass is 9.97. The summed E-state index contributed by atoms with van der Waals surface area (Å²) in [7, 11) is 1.83. The lowest BCUT2D eigenvalue weighted by Gasteiger charge is -2.19. The molecule has 1 amide bonds. The highest BCUT2D eigenvalue weighted by Gasteiger charge is 2.19. The number of hydrogen-bond donors (Lipinski definition) is 2. The third kappa shape index (κ3) is 7.53. The molecule has 0 radical (unpaired) electrons. The first-order valence-corrected chi connectivity index (χ1v) is 11.0. The zero-order valence-corrected chi connectivity index (χ0v) is 18.0. The van der Waals surface area contributed by atoms with Crippen LogP contribution in [0.1, 0.15) is 69.9 Å². The minimum Gasteiger partial charge on any atom is -0.356 e. The number of nitrogens with one attached hydrogen (secondary N) is 2. The summed E-state index contributed by atoms with van der Waals surface area (Å²) in [6.45, 7) is 7.82. The number of carbonyl (C=O) groups excluding carboxylic acids is 1. The number of benzene rings is 1. The number of likely N-dealkylation sites (tertiary alicyclic amines) is 1. The predicted octanol–water partition coefficient (Wildman–Crippen LogP) is 4.08. The Morgan fingerprint density at radius 1 is 1.18 bits per heavy atom. The monoisotopic (exact) mass is 386 g/mol. The number of guanidine groups is 1. The largest absolute Gasteiger partial charge is 0.356 e. The van der Waals surface area contributed by atoms with Gasteiger partial charge >= 0.3 is 0 Å². The summed E-state index contributed by atoms with van der Waals surface area (Å²) >= 11 is 0. The van der Waals surface area contributed by atoms with Crippen molar-refractivity contribution in [2.45, 2.75) is 71.9 Å². The highest BCUT2D eigenvalue weighted by atomic mass is 16.2. The van der Waals surface area contributed by atoms with Crippen molar-refractivity contribution >= 4 is 11.9 Å². The summed E-state index contributed by atoms with van der Waals surface area (Å²) in [4.78, 5) is 18.2. The van der Waals surface area contributed by atoms with Crippen LogP contribution in [0.5, 0.6) is 0 Å². The van der Waals surface area contributed by atoms with Gasteiger partial charge in [0.1, 0.15) is 0 Å². The van der Waals surface area contributed by atoms with Crippen LogP contribution < -0.4 is 10.6 Å². The lowest BCUT2D eigenvalue weighted by molar-refractivity contribution is -0.128. The van der Waals surface area contributed by atoms with E-state index in [-0.39, 0.29) is 5.91 Å². The van der Waals surface area contributed by atoms with Crippen LogP contribution in [0.15, 0.2) is 29.3 Å². The minimum atomic E-state index is 0.276. The van der Waals surface area contributed by atoms with E-state index in [2.05, 4.69) is 53.7 Å². The Morgan fingerprint density at radius 2 is 2.00 bits per heavy atom. The smallest absolute Gasteiger partial charge is 0.222 e. The first-order valence-electron chi connectivity index (χ1n) is 11.0. The molecule has 1 heterocycles. The van der Waals surface area contributed by atoms with E-state index in [1.54, 1.807) is 0 Å². The Balaban J connectivity index is 1.82. The van der Waals surface area contributed by atoms with E-state index in [1.165, 1.54) is 43.2 Å². The molecule has 1 aromatic carbocycles. The molecule has 156 valence electrons. The molecule has 5 nitrogen and oxygen atoms in total. The molecule has 28 heavy (non-hydrogen) atoms. The second-order valence-electron chi connectivity index (χ2n) is 7.84. The molecule has 2 N–H and O–H groups in total. The van der Waals surface area contributed by atoms with Crippen LogP contribution in [0.4, 0.5) is 0 Å². The molecule has 1 aliphatic heterocycles. The minimum absolute atomic E-state index is 0.276. The van der Waals surface area contributed by atoms with Gasteiger partial charge < -0.3 is 15.5 Å². The normalized spacial score (nSPS) is 15.8. The Labute approximate surface area is 171 Å². The molecule has 5 heteroatoms. The molecule has 0 aromatic heterocycles. The average Bonchev–Trinajstić information content (AvgIpc) is 3.10. The SMILES string of the molecule is CCCCC(CCC)CNC(=NC)NCc1cccc(CN2CCCC2=O)c1. The van der Waals surface area contributed by atoms with Crippen molar-refractivity contribution in [1.29, 1.82) is 0 Å². The molecule has 0 aliphatic carbocycles. The summed E-state index contributed by atoms with van der Waals surface area (Å²) in [5.74, 6) is 1.85. The van der Waals surface area contributed by atoms with E-state index in [1.807, 2.05) is 11.9 Å². The van der Waals surface area contributed by atoms with Gasteiger partial charge in [-0.25, -0.2) is 0 Å². The fraction of sp³-hybridized carbons (Fsp3) is 0.652. The molecule has 1 aliphatic rings. The third-order valence-electron chi connectivity index (χ3n) is 5.44. The van der Waals surface area contributed by atoms with E-state index >= 15 is 0 Å². The molecule has 0 saturated carbocycles. The summed E-state index contributed by atoms with van der Waals surface area (Å²) in [5.41, 5.74) is 2.41. The van der Waals surface area contributed by atoms with Crippen LogP contribution in [-0.2, 0) is 17.9 Å². The van der Waals surface area contributed by atoms with Crippen LogP contribution in [0.2, 0.25) is 0 Å². The van der Waals surface area contributed by atoms with E-state index in [9.17, 15) is 4.79 Å². The molecule has 1 atom stereocenters. The number of aliphatic imine (C=N–C) groups is 1. The Morgan fingerprint density at radius 3 is 2.68 bits per heavy atom. The van der Waals surface area contributed by atoms with Crippen LogP contribution >= 0.6 is 0 Å². The zero-order valence-electron chi connectivity index (χ0n) is 18.0. The molecule has 1 aromatic rings. The molecule has 0 spiro atoms. The standard InChI is InChI=1S/C23H38N4O/c1-4-6-10-19(9-5-2)16-25-23(24-3)26-17-20-11-7-12-21(15-20)18-27-14-8-13-22(27)28/h7,11-12,15,19H,4-6,8-10,13-14,16-18H2,1-3H3,(H2,24,25,26). The van der Waals surface area contributed by atoms with Gasteiger partial charge in [0.15, 0.2) is 5.96 Å². The topological polar surface area (TPSA) is 56.7 Å². The fourth-order valence-electron chi connectivity index (χ4n) is 3.83. The Kier molecular flexibility index (Phi) is 9.87. The van der Waals surface area contributed by atoms with Crippen LogP contribution in [0.3, 0.4) is 0 Å². The van der Waals surface area contributed by atoms with Crippen LogP contribution in [-0.4, -0.2) is 36.9 Å². The maximum absolute atomic E-state index is 11.8. The maximum atomic E-state index is 11.8. The van der Waals surface area contributed by atoms with Crippen LogP contribution in [0, 0.1) is 5.92 Å². The van der Waals surface area contributed by atoms with Gasteiger partial charge in [0, 0.05) is 39.6 Å². The number of rotatable bonds is 11. The summed E-state index contributed by atoms with van der Waals surface area (Å²) < 4.78 is 0. The second-order valence-corrected chi connectivity index (χ2v) is 7.84. The highest BCUT2D eigenvalue weighted by Crippen LogP contribution is 2.15. The second kappa shape index (κ2) is 12.4. The molecule has 0 bridgehead atoms. The molecule has 1 unspecified atom stereocenters. The van der Waals surface area contributed by atoms with Gasteiger partial charge in [0.2, 0.25) is 5.91 Å². The Hall–Kier alpha value is -2.04. The van der Waals surface area contributed by atoms with Crippen molar-refractivity contribution in [2.75, 3.05) is 20.1 Å². The Bertz CT molecular complexity index is 629. The van der Waals surface area contributed by atoms with E-state index in [0.717, 1.165) is 38.6 Å². The van der Waals surface area contributed by atoms with E-state index < -0.39 is 0 Å². The molecule has 1 saturated heterocycles. The molecule has 1 fully saturated rings. The van der Waals surface area contributed by atoms with E-state index in [0.29, 0.717) is 12.3 Å². The predicted molar refractivity (Wildman–Crippen MR) is 117 cm³/mol. The maximum Gasteiger partial charge on any atom is 0.222 e. The fourth-order valence-corrected chi connectivity index (χ4v) is 3.83. The van der Waals surface area contributed by atoms with Crippen molar-refractivity contribution in [2.24, 2.45) is 10.9 Å². The molecule has 2 rings (SSSR count). The lowest BCUT2D eigenvalue weighted by Crippen LogP contribution is -2.39. The molecular weight excluding hydrogens is 348 g/mol. The zero-order chi connectivity index (χ0) is 20.2. The number of amides is 1. The van der Waals surface area contributed by atoms with Gasteiger partial charge in [-0.3, -0.25) is 9.79 Å². The van der Waals surface area contributed by atoms with Crippen molar-refractivity contribution < 1.29 is 4.79 Å². The highest BCUT2D eigenvalue weighted by molar-refractivity contribution is 5.79. The number of carbonyl (C=O) groups is 1. The average molecular weight is 387 g/mol. The van der Waals surface area contributed by atoms with Crippen LogP contribution in [0.25, 0.3) is 0 Å². The molecular formula is C23H38N4O. The number of unbranched alkanes of at least 4 members (excludes halogenated alkanes) is 1. The summed E-state index contributed by atoms with van der Waals surface area (Å²) in [6.07, 6.45) is 8.01. The van der Waals surface area contributed by atoms with E-state index in [4.69, 9.17) is 0 Å². The van der Waals surface area contributed by atoms with Gasteiger partial charge in [0.25, 0.3) is 0 Å². The quantitative estimate of drug-likeness (QED) is 0.445. The number of hydrogen-bond acceptors (Lipinski definition) is 2. The van der Waals surface area contributed by atoms with Gasteiger partial charge in [-0.05, 0) is 36.3 Å².